The fourth-order valence-corrected chi connectivity index (χ4v) is 0.890. The van der Waals surface area contributed by atoms with E-state index in [1.54, 1.807) is 17.8 Å². The summed E-state index contributed by atoms with van der Waals surface area (Å²) in [5, 5.41) is 10.3. The molecule has 0 fully saturated rings. The number of nitrogens with zero attached hydrogens (tertiary/aromatic N) is 2. The molecule has 11 heavy (non-hydrogen) atoms. The van der Waals surface area contributed by atoms with Crippen LogP contribution in [0.3, 0.4) is 0 Å². The molecule has 0 atom stereocenters. The molecular formula is C6H8N2O3. The molecule has 0 amide bonds. The van der Waals surface area contributed by atoms with E-state index in [9.17, 15) is 10.1 Å². The lowest BCUT2D eigenvalue weighted by Gasteiger charge is -1.98. The molecule has 60 valence electrons. The van der Waals surface area contributed by atoms with Crippen molar-refractivity contribution in [1.29, 1.82) is 0 Å². The summed E-state index contributed by atoms with van der Waals surface area (Å²) in [6, 6.07) is 1.40. The number of ether oxygens (including phenoxy) is 1. The number of aromatic nitrogens is 1. The average molecular weight is 156 g/mol. The van der Waals surface area contributed by atoms with Crippen LogP contribution in [0, 0.1) is 10.1 Å². The molecule has 0 aliphatic carbocycles. The predicted octanol–water partition coefficient (Wildman–Crippen LogP) is 0.942. The second-order valence-electron chi connectivity index (χ2n) is 2.08. The van der Waals surface area contributed by atoms with E-state index in [0.29, 0.717) is 0 Å². The van der Waals surface area contributed by atoms with Crippen molar-refractivity contribution in [2.45, 2.75) is 0 Å². The molecule has 0 aromatic carbocycles. The van der Waals surface area contributed by atoms with Crippen molar-refractivity contribution in [3.8, 4) is 5.88 Å². The molecule has 0 spiro atoms. The average Bonchev–Trinajstić information content (AvgIpc) is 2.30. The molecule has 0 saturated heterocycles. The minimum Gasteiger partial charge on any atom is -0.477 e. The van der Waals surface area contributed by atoms with Gasteiger partial charge in [0.2, 0.25) is 0 Å². The lowest BCUT2D eigenvalue weighted by atomic mass is 10.5. The van der Waals surface area contributed by atoms with Crippen molar-refractivity contribution in [3.05, 3.63) is 22.4 Å². The third kappa shape index (κ3) is 1.17. The Bertz CT molecular complexity index is 279. The first-order valence-electron chi connectivity index (χ1n) is 3.00. The second kappa shape index (κ2) is 2.61. The van der Waals surface area contributed by atoms with E-state index in [2.05, 4.69) is 0 Å². The lowest BCUT2D eigenvalue weighted by Crippen LogP contribution is -1.95. The largest absolute Gasteiger partial charge is 0.477 e. The summed E-state index contributed by atoms with van der Waals surface area (Å²) < 4.78 is 6.35. The van der Waals surface area contributed by atoms with Crippen LogP contribution in [-0.2, 0) is 7.05 Å². The van der Waals surface area contributed by atoms with E-state index < -0.39 is 4.92 Å². The number of rotatable bonds is 2. The topological polar surface area (TPSA) is 57.3 Å². The van der Waals surface area contributed by atoms with Crippen LogP contribution in [0.15, 0.2) is 12.3 Å². The molecule has 0 saturated carbocycles. The van der Waals surface area contributed by atoms with Gasteiger partial charge in [-0.05, 0) is 0 Å². The fraction of sp³-hybridized carbons (Fsp3) is 0.333. The van der Waals surface area contributed by atoms with E-state index in [1.165, 1.54) is 13.2 Å². The summed E-state index contributed by atoms with van der Waals surface area (Å²) >= 11 is 0. The van der Waals surface area contributed by atoms with Gasteiger partial charge in [0.25, 0.3) is 5.88 Å². The lowest BCUT2D eigenvalue weighted by molar-refractivity contribution is -0.385. The summed E-state index contributed by atoms with van der Waals surface area (Å²) in [6.45, 7) is 0. The number of hydrogen-bond acceptors (Lipinski definition) is 3. The summed E-state index contributed by atoms with van der Waals surface area (Å²) in [6.07, 6.45) is 1.58. The van der Waals surface area contributed by atoms with Gasteiger partial charge in [-0.1, -0.05) is 0 Å². The highest BCUT2D eigenvalue weighted by Gasteiger charge is 2.17. The van der Waals surface area contributed by atoms with Gasteiger partial charge >= 0.3 is 5.69 Å². The Balaban J connectivity index is 3.15. The van der Waals surface area contributed by atoms with Crippen LogP contribution in [0.5, 0.6) is 5.88 Å². The molecule has 0 aliphatic rings. The van der Waals surface area contributed by atoms with Crippen LogP contribution in [-0.4, -0.2) is 16.6 Å². The summed E-state index contributed by atoms with van der Waals surface area (Å²) in [5.41, 5.74) is -0.00463. The summed E-state index contributed by atoms with van der Waals surface area (Å²) in [4.78, 5) is 9.83. The third-order valence-electron chi connectivity index (χ3n) is 1.39. The molecule has 5 nitrogen and oxygen atoms in total. The molecule has 0 radical (unpaired) electrons. The molecule has 1 rings (SSSR count). The van der Waals surface area contributed by atoms with Gasteiger partial charge in [-0.3, -0.25) is 10.1 Å². The number of hydrogen-bond donors (Lipinski definition) is 0. The Morgan fingerprint density at radius 1 is 1.73 bits per heavy atom. The molecular weight excluding hydrogens is 148 g/mol. The zero-order valence-corrected chi connectivity index (χ0v) is 6.27. The maximum Gasteiger partial charge on any atom is 0.330 e. The van der Waals surface area contributed by atoms with E-state index in [4.69, 9.17) is 4.74 Å². The van der Waals surface area contributed by atoms with Gasteiger partial charge in [-0.15, -0.1) is 0 Å². The SMILES string of the molecule is COc1c([N+](=O)[O-])ccn1C. The zero-order valence-electron chi connectivity index (χ0n) is 6.27. The van der Waals surface area contributed by atoms with Crippen LogP contribution >= 0.6 is 0 Å². The first kappa shape index (κ1) is 7.59. The Morgan fingerprint density at radius 2 is 2.36 bits per heavy atom. The molecule has 1 aromatic rings. The highest BCUT2D eigenvalue weighted by molar-refractivity contribution is 5.42. The molecule has 1 heterocycles. The van der Waals surface area contributed by atoms with Gasteiger partial charge in [0, 0.05) is 19.3 Å². The van der Waals surface area contributed by atoms with Crippen molar-refractivity contribution < 1.29 is 9.66 Å². The summed E-state index contributed by atoms with van der Waals surface area (Å²) in [7, 11) is 3.09. The van der Waals surface area contributed by atoms with Gasteiger partial charge in [0.1, 0.15) is 0 Å². The van der Waals surface area contributed by atoms with Gasteiger partial charge in [-0.2, -0.15) is 0 Å². The van der Waals surface area contributed by atoms with Crippen molar-refractivity contribution in [2.75, 3.05) is 7.11 Å². The van der Waals surface area contributed by atoms with Gasteiger partial charge in [0.05, 0.1) is 12.0 Å². The van der Waals surface area contributed by atoms with Crippen LogP contribution < -0.4 is 4.74 Å². The molecule has 0 unspecified atom stereocenters. The Morgan fingerprint density at radius 3 is 2.73 bits per heavy atom. The highest BCUT2D eigenvalue weighted by Crippen LogP contribution is 2.26. The molecule has 5 heteroatoms. The van der Waals surface area contributed by atoms with Crippen LogP contribution in [0.1, 0.15) is 0 Å². The minimum atomic E-state index is -0.473. The minimum absolute atomic E-state index is 0.00463. The van der Waals surface area contributed by atoms with Gasteiger partial charge < -0.3 is 9.30 Å². The first-order chi connectivity index (χ1) is 5.16. The zero-order chi connectivity index (χ0) is 8.43. The maximum absolute atomic E-state index is 10.3. The third-order valence-corrected chi connectivity index (χ3v) is 1.39. The molecule has 1 aromatic heterocycles. The molecule has 0 aliphatic heterocycles. The van der Waals surface area contributed by atoms with E-state index in [1.807, 2.05) is 0 Å². The Hall–Kier alpha value is -1.52. The Labute approximate surface area is 63.3 Å². The van der Waals surface area contributed by atoms with Gasteiger partial charge in [-0.25, -0.2) is 0 Å². The van der Waals surface area contributed by atoms with Gasteiger partial charge in [0.15, 0.2) is 0 Å². The predicted molar refractivity (Wildman–Crippen MR) is 38.6 cm³/mol. The van der Waals surface area contributed by atoms with Crippen LogP contribution in [0.4, 0.5) is 5.69 Å². The standard InChI is InChI=1S/C6H8N2O3/c1-7-4-3-5(8(9)10)6(7)11-2/h3-4H,1-2H3. The fourth-order valence-electron chi connectivity index (χ4n) is 0.890. The van der Waals surface area contributed by atoms with E-state index >= 15 is 0 Å². The number of methoxy groups -OCH3 is 1. The van der Waals surface area contributed by atoms with Crippen molar-refractivity contribution in [3.63, 3.8) is 0 Å². The second-order valence-corrected chi connectivity index (χ2v) is 2.08. The Kier molecular flexibility index (Phi) is 1.80. The number of nitro groups is 1. The van der Waals surface area contributed by atoms with Crippen molar-refractivity contribution in [2.24, 2.45) is 7.05 Å². The monoisotopic (exact) mass is 156 g/mol. The van der Waals surface area contributed by atoms with Crippen molar-refractivity contribution in [1.82, 2.24) is 4.57 Å². The van der Waals surface area contributed by atoms with Crippen molar-refractivity contribution >= 4 is 5.69 Å². The van der Waals surface area contributed by atoms with Crippen LogP contribution in [0.2, 0.25) is 0 Å². The van der Waals surface area contributed by atoms with Crippen LogP contribution in [0.25, 0.3) is 0 Å². The van der Waals surface area contributed by atoms with E-state index in [-0.39, 0.29) is 11.6 Å². The van der Waals surface area contributed by atoms with E-state index in [0.717, 1.165) is 0 Å². The maximum atomic E-state index is 10.3. The summed E-state index contributed by atoms with van der Waals surface area (Å²) in [5.74, 6) is 0.273. The quantitative estimate of drug-likeness (QED) is 0.473. The number of aryl methyl sites for hydroxylation is 1. The smallest absolute Gasteiger partial charge is 0.330 e. The molecule has 0 N–H and O–H groups in total. The normalized spacial score (nSPS) is 9.64. The first-order valence-corrected chi connectivity index (χ1v) is 3.00. The highest BCUT2D eigenvalue weighted by atomic mass is 16.6. The molecule has 0 bridgehead atoms.